The molecule has 4 rings (SSSR count). The Labute approximate surface area is 184 Å². The van der Waals surface area contributed by atoms with Gasteiger partial charge in [0, 0.05) is 35.7 Å². The molecule has 0 aliphatic carbocycles. The molecule has 0 amide bonds. The van der Waals surface area contributed by atoms with Crippen molar-refractivity contribution in [3.8, 4) is 0 Å². The van der Waals surface area contributed by atoms with Crippen molar-refractivity contribution in [2.75, 3.05) is 19.0 Å². The van der Waals surface area contributed by atoms with Gasteiger partial charge in [-0.2, -0.15) is 0 Å². The molecule has 0 aromatic heterocycles. The fourth-order valence-electron chi connectivity index (χ4n) is 3.59. The summed E-state index contributed by atoms with van der Waals surface area (Å²) in [5, 5.41) is 2.55. The van der Waals surface area contributed by atoms with E-state index in [-0.39, 0.29) is 0 Å². The highest BCUT2D eigenvalue weighted by Crippen LogP contribution is 2.42. The normalized spacial score (nSPS) is 11.5. The van der Waals surface area contributed by atoms with E-state index in [4.69, 9.17) is 0 Å². The Balaban J connectivity index is 1.64. The second-order valence-electron chi connectivity index (χ2n) is 7.69. The Morgan fingerprint density at radius 3 is 1.35 bits per heavy atom. The summed E-state index contributed by atoms with van der Waals surface area (Å²) in [5.74, 6) is 0. The molecule has 3 heteroatoms. The average molecular weight is 423 g/mol. The van der Waals surface area contributed by atoms with Crippen molar-refractivity contribution in [2.24, 2.45) is 0 Å². The molecule has 0 saturated heterocycles. The van der Waals surface area contributed by atoms with Crippen LogP contribution >= 0.6 is 7.14 Å². The molecule has 0 heterocycles. The third-order valence-corrected chi connectivity index (χ3v) is 8.45. The van der Waals surface area contributed by atoms with Crippen molar-refractivity contribution in [2.45, 2.75) is 0 Å². The first kappa shape index (κ1) is 20.9. The van der Waals surface area contributed by atoms with Crippen LogP contribution in [0.3, 0.4) is 0 Å². The van der Waals surface area contributed by atoms with Crippen LogP contribution in [-0.2, 0) is 4.57 Å². The Morgan fingerprint density at radius 1 is 0.548 bits per heavy atom. The van der Waals surface area contributed by atoms with Crippen molar-refractivity contribution in [3.05, 3.63) is 120 Å². The molecule has 154 valence electrons. The lowest BCUT2D eigenvalue weighted by atomic mass is 10.1. The van der Waals surface area contributed by atoms with Gasteiger partial charge in [0.1, 0.15) is 0 Å². The highest BCUT2D eigenvalue weighted by atomic mass is 31.2. The minimum absolute atomic E-state index is 0.845. The summed E-state index contributed by atoms with van der Waals surface area (Å²) in [6, 6.07) is 36.0. The Hall–Kier alpha value is -3.35. The molecular formula is C28H26NOP. The van der Waals surface area contributed by atoms with Crippen LogP contribution in [0.4, 0.5) is 5.69 Å². The van der Waals surface area contributed by atoms with E-state index in [0.29, 0.717) is 0 Å². The Bertz CT molecular complexity index is 1150. The van der Waals surface area contributed by atoms with Gasteiger partial charge in [-0.05, 0) is 23.3 Å². The third kappa shape index (κ3) is 4.55. The minimum Gasteiger partial charge on any atom is -0.378 e. The summed E-state index contributed by atoms with van der Waals surface area (Å²) < 4.78 is 14.4. The maximum atomic E-state index is 14.4. The van der Waals surface area contributed by atoms with E-state index in [9.17, 15) is 4.57 Å². The van der Waals surface area contributed by atoms with Gasteiger partial charge < -0.3 is 9.46 Å². The molecule has 0 aliphatic rings. The van der Waals surface area contributed by atoms with Crippen LogP contribution in [0, 0.1) is 0 Å². The maximum Gasteiger partial charge on any atom is 0.171 e. The van der Waals surface area contributed by atoms with Crippen molar-refractivity contribution >= 4 is 40.9 Å². The predicted octanol–water partition coefficient (Wildman–Crippen LogP) is 5.56. The van der Waals surface area contributed by atoms with Crippen LogP contribution in [0.5, 0.6) is 0 Å². The Kier molecular flexibility index (Phi) is 6.21. The van der Waals surface area contributed by atoms with Crippen molar-refractivity contribution < 1.29 is 4.57 Å². The van der Waals surface area contributed by atoms with Gasteiger partial charge in [-0.3, -0.25) is 0 Å². The lowest BCUT2D eigenvalue weighted by Gasteiger charge is -2.20. The van der Waals surface area contributed by atoms with E-state index in [1.807, 2.05) is 99.0 Å². The number of anilines is 1. The fourth-order valence-corrected chi connectivity index (χ4v) is 6.24. The monoisotopic (exact) mass is 423 g/mol. The standard InChI is InChI=1S/C28H26NOP/c1-29(2)25-19-15-23(16-20-25)13-14-24-17-21-28(22-18-24)31(30,26-9-5-3-6-10-26)27-11-7-4-8-12-27/h3-22H,1-2H3/b14-13+. The molecule has 0 N–H and O–H groups in total. The topological polar surface area (TPSA) is 20.3 Å². The summed E-state index contributed by atoms with van der Waals surface area (Å²) in [7, 11) is 1.16. The lowest BCUT2D eigenvalue weighted by molar-refractivity contribution is 0.592. The summed E-state index contributed by atoms with van der Waals surface area (Å²) in [5.41, 5.74) is 3.40. The summed E-state index contributed by atoms with van der Waals surface area (Å²) in [6.07, 6.45) is 4.19. The molecule has 4 aromatic rings. The summed E-state index contributed by atoms with van der Waals surface area (Å²) in [4.78, 5) is 2.09. The number of rotatable bonds is 6. The number of hydrogen-bond donors (Lipinski definition) is 0. The van der Waals surface area contributed by atoms with E-state index < -0.39 is 7.14 Å². The zero-order chi connectivity index (χ0) is 21.7. The van der Waals surface area contributed by atoms with Crippen molar-refractivity contribution in [3.63, 3.8) is 0 Å². The fraction of sp³-hybridized carbons (Fsp3) is 0.0714. The largest absolute Gasteiger partial charge is 0.378 e. The van der Waals surface area contributed by atoms with E-state index in [1.165, 1.54) is 5.69 Å². The van der Waals surface area contributed by atoms with Gasteiger partial charge in [-0.15, -0.1) is 0 Å². The molecule has 2 nitrogen and oxygen atoms in total. The zero-order valence-electron chi connectivity index (χ0n) is 17.8. The minimum atomic E-state index is -2.92. The molecule has 31 heavy (non-hydrogen) atoms. The summed E-state index contributed by atoms with van der Waals surface area (Å²) >= 11 is 0. The predicted molar refractivity (Wildman–Crippen MR) is 136 cm³/mol. The molecule has 4 aromatic carbocycles. The molecular weight excluding hydrogens is 397 g/mol. The second kappa shape index (κ2) is 9.20. The SMILES string of the molecule is CN(C)c1ccc(/C=C/c2ccc(P(=O)(c3ccccc3)c3ccccc3)cc2)cc1. The van der Waals surface area contributed by atoms with Gasteiger partial charge in [0.15, 0.2) is 7.14 Å². The maximum absolute atomic E-state index is 14.4. The van der Waals surface area contributed by atoms with Crippen LogP contribution in [0.15, 0.2) is 109 Å². The van der Waals surface area contributed by atoms with Gasteiger partial charge >= 0.3 is 0 Å². The third-order valence-electron chi connectivity index (χ3n) is 5.37. The van der Waals surface area contributed by atoms with Gasteiger partial charge in [-0.25, -0.2) is 0 Å². The summed E-state index contributed by atoms with van der Waals surface area (Å²) in [6.45, 7) is 0. The van der Waals surface area contributed by atoms with Crippen LogP contribution in [0.1, 0.15) is 11.1 Å². The number of benzene rings is 4. The van der Waals surface area contributed by atoms with Crippen LogP contribution in [0.25, 0.3) is 12.2 Å². The molecule has 0 spiro atoms. The van der Waals surface area contributed by atoms with Crippen LogP contribution < -0.4 is 20.8 Å². The van der Waals surface area contributed by atoms with Gasteiger partial charge in [0.05, 0.1) is 0 Å². The van der Waals surface area contributed by atoms with Crippen molar-refractivity contribution in [1.29, 1.82) is 0 Å². The molecule has 0 unspecified atom stereocenters. The zero-order valence-corrected chi connectivity index (χ0v) is 18.7. The number of hydrogen-bond acceptors (Lipinski definition) is 2. The molecule has 0 atom stereocenters. The average Bonchev–Trinajstić information content (AvgIpc) is 2.84. The Morgan fingerprint density at radius 2 is 0.935 bits per heavy atom. The molecule has 0 aliphatic heterocycles. The molecule has 0 bridgehead atoms. The molecule has 0 radical (unpaired) electrons. The van der Waals surface area contributed by atoms with Crippen LogP contribution in [-0.4, -0.2) is 14.1 Å². The highest BCUT2D eigenvalue weighted by molar-refractivity contribution is 7.85. The highest BCUT2D eigenvalue weighted by Gasteiger charge is 2.29. The molecule has 0 saturated carbocycles. The number of nitrogens with zero attached hydrogens (tertiary/aromatic N) is 1. The van der Waals surface area contributed by atoms with Gasteiger partial charge in [0.25, 0.3) is 0 Å². The van der Waals surface area contributed by atoms with E-state index in [0.717, 1.165) is 27.0 Å². The van der Waals surface area contributed by atoms with Gasteiger partial charge in [-0.1, -0.05) is 109 Å². The lowest BCUT2D eigenvalue weighted by Crippen LogP contribution is -2.24. The quantitative estimate of drug-likeness (QED) is 0.299. The van der Waals surface area contributed by atoms with Gasteiger partial charge in [0.2, 0.25) is 0 Å². The van der Waals surface area contributed by atoms with E-state index in [2.05, 4.69) is 41.3 Å². The van der Waals surface area contributed by atoms with E-state index >= 15 is 0 Å². The molecule has 0 fully saturated rings. The van der Waals surface area contributed by atoms with E-state index in [1.54, 1.807) is 0 Å². The van der Waals surface area contributed by atoms with Crippen LogP contribution in [0.2, 0.25) is 0 Å². The first-order chi connectivity index (χ1) is 15.1. The smallest absolute Gasteiger partial charge is 0.171 e. The first-order valence-electron chi connectivity index (χ1n) is 10.3. The first-order valence-corrected chi connectivity index (χ1v) is 12.1. The van der Waals surface area contributed by atoms with Crippen molar-refractivity contribution in [1.82, 2.24) is 0 Å². The second-order valence-corrected chi connectivity index (χ2v) is 10.5.